The molecule has 0 saturated heterocycles. The highest BCUT2D eigenvalue weighted by Gasteiger charge is 2.19. The third-order valence-corrected chi connectivity index (χ3v) is 4.49. The van der Waals surface area contributed by atoms with Crippen molar-refractivity contribution in [1.82, 2.24) is 0 Å². The highest BCUT2D eigenvalue weighted by atomic mass is 16.5. The molecule has 0 radical (unpaired) electrons. The van der Waals surface area contributed by atoms with E-state index < -0.39 is 18.6 Å². The summed E-state index contributed by atoms with van der Waals surface area (Å²) >= 11 is 0. The fourth-order valence-corrected chi connectivity index (χ4v) is 3.04. The summed E-state index contributed by atoms with van der Waals surface area (Å²) in [6.07, 6.45) is 0. The van der Waals surface area contributed by atoms with Gasteiger partial charge in [-0.2, -0.15) is 0 Å². The Morgan fingerprint density at radius 3 is 2.39 bits per heavy atom. The van der Waals surface area contributed by atoms with Crippen LogP contribution >= 0.6 is 0 Å². The molecule has 0 aliphatic rings. The molecule has 158 valence electrons. The molecule has 0 aliphatic carbocycles. The van der Waals surface area contributed by atoms with Crippen LogP contribution in [0, 0.1) is 6.92 Å². The summed E-state index contributed by atoms with van der Waals surface area (Å²) in [4.78, 5) is 38.0. The van der Waals surface area contributed by atoms with Gasteiger partial charge < -0.3 is 20.7 Å². The predicted octanol–water partition coefficient (Wildman–Crippen LogP) is 3.88. The van der Waals surface area contributed by atoms with E-state index in [1.807, 2.05) is 61.5 Å². The molecule has 3 aromatic rings. The van der Waals surface area contributed by atoms with Crippen LogP contribution in [0.5, 0.6) is 0 Å². The SMILES string of the molecule is Cc1cccc(N(Cc2ccccc2)C(=O)COC(=O)c2cccc(NC(N)=O)c2)c1. The van der Waals surface area contributed by atoms with Crippen LogP contribution in [0.15, 0.2) is 78.9 Å². The molecule has 0 bridgehead atoms. The van der Waals surface area contributed by atoms with Crippen molar-refractivity contribution in [3.05, 3.63) is 95.6 Å². The first-order chi connectivity index (χ1) is 14.9. The first-order valence-corrected chi connectivity index (χ1v) is 9.67. The highest BCUT2D eigenvalue weighted by molar-refractivity contribution is 5.98. The van der Waals surface area contributed by atoms with Crippen LogP contribution in [0.3, 0.4) is 0 Å². The molecule has 3 amide bonds. The maximum absolute atomic E-state index is 13.0. The van der Waals surface area contributed by atoms with E-state index in [0.29, 0.717) is 12.2 Å². The number of ether oxygens (including phenoxy) is 1. The maximum Gasteiger partial charge on any atom is 0.338 e. The van der Waals surface area contributed by atoms with Crippen LogP contribution in [0.1, 0.15) is 21.5 Å². The van der Waals surface area contributed by atoms with Crippen LogP contribution in [0.2, 0.25) is 0 Å². The zero-order chi connectivity index (χ0) is 22.2. The van der Waals surface area contributed by atoms with E-state index in [4.69, 9.17) is 10.5 Å². The Hall–Kier alpha value is -4.13. The van der Waals surface area contributed by atoms with E-state index in [1.54, 1.807) is 17.0 Å². The molecule has 3 rings (SSSR count). The van der Waals surface area contributed by atoms with Crippen molar-refractivity contribution in [2.75, 3.05) is 16.8 Å². The number of hydrogen-bond acceptors (Lipinski definition) is 4. The molecule has 3 N–H and O–H groups in total. The van der Waals surface area contributed by atoms with Crippen LogP contribution in [-0.4, -0.2) is 24.5 Å². The Morgan fingerprint density at radius 1 is 0.935 bits per heavy atom. The van der Waals surface area contributed by atoms with Crippen molar-refractivity contribution < 1.29 is 19.1 Å². The van der Waals surface area contributed by atoms with Crippen molar-refractivity contribution in [3.63, 3.8) is 0 Å². The van der Waals surface area contributed by atoms with Gasteiger partial charge in [-0.05, 0) is 48.4 Å². The molecule has 0 aromatic heterocycles. The zero-order valence-electron chi connectivity index (χ0n) is 17.1. The van der Waals surface area contributed by atoms with Gasteiger partial charge in [0.15, 0.2) is 6.61 Å². The monoisotopic (exact) mass is 417 g/mol. The molecule has 0 atom stereocenters. The second-order valence-corrected chi connectivity index (χ2v) is 6.95. The zero-order valence-corrected chi connectivity index (χ0v) is 17.1. The number of nitrogens with two attached hydrogens (primary N) is 1. The number of amides is 3. The van der Waals surface area contributed by atoms with Gasteiger partial charge in [0.2, 0.25) is 0 Å². The molecule has 3 aromatic carbocycles. The lowest BCUT2D eigenvalue weighted by Crippen LogP contribution is -2.34. The Balaban J connectivity index is 1.73. The van der Waals surface area contributed by atoms with Crippen molar-refractivity contribution >= 4 is 29.3 Å². The number of primary amides is 1. The number of anilines is 2. The molecular weight excluding hydrogens is 394 g/mol. The molecule has 31 heavy (non-hydrogen) atoms. The average molecular weight is 417 g/mol. The van der Waals surface area contributed by atoms with Crippen LogP contribution in [0.25, 0.3) is 0 Å². The fourth-order valence-electron chi connectivity index (χ4n) is 3.04. The minimum atomic E-state index is -0.740. The Morgan fingerprint density at radius 2 is 1.68 bits per heavy atom. The lowest BCUT2D eigenvalue weighted by atomic mass is 10.1. The van der Waals surface area contributed by atoms with Crippen LogP contribution < -0.4 is 16.0 Å². The van der Waals surface area contributed by atoms with Crippen molar-refractivity contribution in [2.45, 2.75) is 13.5 Å². The number of benzene rings is 3. The molecule has 7 heteroatoms. The van der Waals surface area contributed by atoms with E-state index in [0.717, 1.165) is 16.8 Å². The molecule has 7 nitrogen and oxygen atoms in total. The van der Waals surface area contributed by atoms with Crippen molar-refractivity contribution in [2.24, 2.45) is 5.73 Å². The van der Waals surface area contributed by atoms with Gasteiger partial charge in [0.05, 0.1) is 12.1 Å². The van der Waals surface area contributed by atoms with Gasteiger partial charge >= 0.3 is 12.0 Å². The molecule has 0 saturated carbocycles. The number of nitrogens with one attached hydrogen (secondary N) is 1. The summed E-state index contributed by atoms with van der Waals surface area (Å²) in [5, 5.41) is 2.39. The number of nitrogens with zero attached hydrogens (tertiary/aromatic N) is 1. The van der Waals surface area contributed by atoms with Crippen LogP contribution in [-0.2, 0) is 16.1 Å². The molecule has 0 fully saturated rings. The van der Waals surface area contributed by atoms with Gasteiger partial charge in [-0.3, -0.25) is 4.79 Å². The van der Waals surface area contributed by atoms with E-state index in [1.165, 1.54) is 12.1 Å². The molecular formula is C24H23N3O4. The largest absolute Gasteiger partial charge is 0.452 e. The van der Waals surface area contributed by atoms with Gasteiger partial charge in [0.1, 0.15) is 0 Å². The Labute approximate surface area is 180 Å². The van der Waals surface area contributed by atoms with E-state index in [9.17, 15) is 14.4 Å². The summed E-state index contributed by atoms with van der Waals surface area (Å²) in [6.45, 7) is 1.87. The summed E-state index contributed by atoms with van der Waals surface area (Å²) in [5.74, 6) is -1.03. The fraction of sp³-hybridized carbons (Fsp3) is 0.125. The lowest BCUT2D eigenvalue weighted by Gasteiger charge is -2.23. The van der Waals surface area contributed by atoms with Crippen molar-refractivity contribution in [1.29, 1.82) is 0 Å². The topological polar surface area (TPSA) is 102 Å². The quantitative estimate of drug-likeness (QED) is 0.570. The maximum atomic E-state index is 13.0. The number of carbonyl (C=O) groups excluding carboxylic acids is 3. The van der Waals surface area contributed by atoms with Crippen molar-refractivity contribution in [3.8, 4) is 0 Å². The lowest BCUT2D eigenvalue weighted by molar-refractivity contribution is -0.121. The molecule has 0 heterocycles. The van der Waals surface area contributed by atoms with Gasteiger partial charge in [0, 0.05) is 11.4 Å². The van der Waals surface area contributed by atoms with Gasteiger partial charge in [-0.15, -0.1) is 0 Å². The summed E-state index contributed by atoms with van der Waals surface area (Å²) < 4.78 is 5.25. The number of esters is 1. The predicted molar refractivity (Wildman–Crippen MR) is 119 cm³/mol. The third-order valence-electron chi connectivity index (χ3n) is 4.49. The number of aryl methyl sites for hydroxylation is 1. The summed E-state index contributed by atoms with van der Waals surface area (Å²) in [7, 11) is 0. The average Bonchev–Trinajstić information content (AvgIpc) is 2.76. The molecule has 0 aliphatic heterocycles. The first kappa shape index (κ1) is 21.6. The summed E-state index contributed by atoms with van der Waals surface area (Å²) in [6, 6.07) is 22.5. The molecule has 0 spiro atoms. The normalized spacial score (nSPS) is 10.2. The standard InChI is InChI=1S/C24H23N3O4/c1-17-7-5-12-21(13-17)27(15-18-8-3-2-4-9-18)22(28)16-31-23(29)19-10-6-11-20(14-19)26-24(25)30/h2-14H,15-16H2,1H3,(H3,25,26,30). The Kier molecular flexibility index (Phi) is 7.01. The number of rotatable bonds is 7. The number of hydrogen-bond donors (Lipinski definition) is 2. The van der Waals surface area contributed by atoms with Gasteiger partial charge in [0.25, 0.3) is 5.91 Å². The second kappa shape index (κ2) is 10.1. The number of urea groups is 1. The van der Waals surface area contributed by atoms with E-state index >= 15 is 0 Å². The Bertz CT molecular complexity index is 1080. The van der Waals surface area contributed by atoms with E-state index in [-0.39, 0.29) is 11.5 Å². The van der Waals surface area contributed by atoms with Crippen LogP contribution in [0.4, 0.5) is 16.2 Å². The van der Waals surface area contributed by atoms with E-state index in [2.05, 4.69) is 5.32 Å². The highest BCUT2D eigenvalue weighted by Crippen LogP contribution is 2.19. The number of carbonyl (C=O) groups is 3. The van der Waals surface area contributed by atoms with Gasteiger partial charge in [-0.1, -0.05) is 48.5 Å². The third kappa shape index (κ3) is 6.17. The molecule has 0 unspecified atom stereocenters. The van der Waals surface area contributed by atoms with Gasteiger partial charge in [-0.25, -0.2) is 9.59 Å². The first-order valence-electron chi connectivity index (χ1n) is 9.67. The summed E-state index contributed by atoms with van der Waals surface area (Å²) in [5.41, 5.74) is 8.34. The second-order valence-electron chi connectivity index (χ2n) is 6.95. The minimum absolute atomic E-state index is 0.198. The minimum Gasteiger partial charge on any atom is -0.452 e. The smallest absolute Gasteiger partial charge is 0.338 e.